The topological polar surface area (TPSA) is 33.4 Å². The Morgan fingerprint density at radius 1 is 1.27 bits per heavy atom. The van der Waals surface area contributed by atoms with Crippen LogP contribution < -0.4 is 0 Å². The highest BCUT2D eigenvalue weighted by Crippen LogP contribution is 2.16. The van der Waals surface area contributed by atoms with E-state index >= 15 is 0 Å². The first-order valence-corrected chi connectivity index (χ1v) is 3.35. The van der Waals surface area contributed by atoms with Crippen molar-refractivity contribution in [3.8, 4) is 0 Å². The Morgan fingerprint density at radius 2 is 2.18 bits per heavy atom. The maximum Gasteiger partial charge on any atom is 0.134 e. The smallest absolute Gasteiger partial charge is 0.134 e. The zero-order valence-electron chi connectivity index (χ0n) is 5.82. The molecule has 0 amide bonds. The SMILES string of the molecule is O[CH]c1ccc2ccoc2c1. The standard InChI is InChI=1S/C9H7O2/c10-6-7-1-2-8-3-4-11-9(8)5-7/h1-6,10H. The minimum absolute atomic E-state index is 0.757. The van der Waals surface area contributed by atoms with E-state index in [0.717, 1.165) is 23.1 Å². The Hall–Kier alpha value is -1.28. The minimum atomic E-state index is 0.757. The van der Waals surface area contributed by atoms with Crippen molar-refractivity contribution in [2.45, 2.75) is 0 Å². The van der Waals surface area contributed by atoms with Crippen molar-refractivity contribution < 1.29 is 9.52 Å². The predicted octanol–water partition coefficient (Wildman–Crippen LogP) is 2.32. The zero-order valence-corrected chi connectivity index (χ0v) is 5.82. The highest BCUT2D eigenvalue weighted by molar-refractivity contribution is 5.77. The van der Waals surface area contributed by atoms with Gasteiger partial charge in [0.25, 0.3) is 0 Å². The number of fused-ring (bicyclic) bond motifs is 1. The van der Waals surface area contributed by atoms with Crippen LogP contribution in [0.25, 0.3) is 11.0 Å². The number of hydrogen-bond acceptors (Lipinski definition) is 2. The number of hydrogen-bond donors (Lipinski definition) is 1. The van der Waals surface area contributed by atoms with Gasteiger partial charge in [0, 0.05) is 5.39 Å². The molecule has 0 saturated heterocycles. The summed E-state index contributed by atoms with van der Waals surface area (Å²) in [5.41, 5.74) is 1.56. The van der Waals surface area contributed by atoms with Gasteiger partial charge in [0.15, 0.2) is 0 Å². The summed E-state index contributed by atoms with van der Waals surface area (Å²) >= 11 is 0. The Kier molecular flexibility index (Phi) is 1.40. The fourth-order valence-electron chi connectivity index (χ4n) is 1.05. The van der Waals surface area contributed by atoms with E-state index in [4.69, 9.17) is 9.52 Å². The van der Waals surface area contributed by atoms with E-state index in [1.807, 2.05) is 18.2 Å². The Balaban J connectivity index is 2.67. The van der Waals surface area contributed by atoms with Gasteiger partial charge in [0.05, 0.1) is 6.26 Å². The lowest BCUT2D eigenvalue weighted by Gasteiger charge is -1.92. The molecule has 0 bridgehead atoms. The van der Waals surface area contributed by atoms with E-state index < -0.39 is 0 Å². The monoisotopic (exact) mass is 147 g/mol. The third-order valence-electron chi connectivity index (χ3n) is 1.63. The fraction of sp³-hybridized carbons (Fsp3) is 0. The zero-order chi connectivity index (χ0) is 7.68. The van der Waals surface area contributed by atoms with Crippen molar-refractivity contribution in [2.75, 3.05) is 0 Å². The number of aliphatic hydroxyl groups excluding tert-OH is 1. The van der Waals surface area contributed by atoms with Gasteiger partial charge in [-0.2, -0.15) is 0 Å². The largest absolute Gasteiger partial charge is 0.464 e. The van der Waals surface area contributed by atoms with E-state index in [1.165, 1.54) is 0 Å². The van der Waals surface area contributed by atoms with Crippen LogP contribution in [0.1, 0.15) is 5.56 Å². The predicted molar refractivity (Wildman–Crippen MR) is 41.6 cm³/mol. The van der Waals surface area contributed by atoms with E-state index in [9.17, 15) is 0 Å². The Bertz CT molecular complexity index is 362. The van der Waals surface area contributed by atoms with Crippen LogP contribution in [-0.4, -0.2) is 5.11 Å². The molecule has 1 N–H and O–H groups in total. The molecule has 55 valence electrons. The highest BCUT2D eigenvalue weighted by Gasteiger charge is 1.96. The second-order valence-corrected chi connectivity index (χ2v) is 2.35. The molecule has 0 atom stereocenters. The summed E-state index contributed by atoms with van der Waals surface area (Å²) in [5, 5.41) is 9.72. The van der Waals surface area contributed by atoms with E-state index in [0.29, 0.717) is 0 Å². The number of aliphatic hydroxyl groups is 1. The first kappa shape index (κ1) is 6.43. The molecule has 2 rings (SSSR count). The molecule has 1 aromatic carbocycles. The van der Waals surface area contributed by atoms with Gasteiger partial charge in [-0.05, 0) is 17.7 Å². The van der Waals surface area contributed by atoms with Gasteiger partial charge < -0.3 is 9.52 Å². The van der Waals surface area contributed by atoms with Crippen molar-refractivity contribution in [2.24, 2.45) is 0 Å². The number of rotatable bonds is 1. The van der Waals surface area contributed by atoms with Crippen LogP contribution in [0.2, 0.25) is 0 Å². The molecule has 0 spiro atoms. The molecule has 2 aromatic rings. The summed E-state index contributed by atoms with van der Waals surface area (Å²) in [6, 6.07) is 7.41. The average Bonchev–Trinajstić information content (AvgIpc) is 2.50. The molecule has 1 heterocycles. The van der Waals surface area contributed by atoms with Crippen LogP contribution >= 0.6 is 0 Å². The van der Waals surface area contributed by atoms with Crippen molar-refractivity contribution in [1.29, 1.82) is 0 Å². The van der Waals surface area contributed by atoms with Gasteiger partial charge in [0.1, 0.15) is 12.2 Å². The molecule has 0 saturated carbocycles. The van der Waals surface area contributed by atoms with Crippen molar-refractivity contribution in [1.82, 2.24) is 0 Å². The molecular formula is C9H7O2. The van der Waals surface area contributed by atoms with Crippen molar-refractivity contribution in [3.63, 3.8) is 0 Å². The normalized spacial score (nSPS) is 10.6. The molecule has 0 aliphatic rings. The second kappa shape index (κ2) is 2.40. The number of benzene rings is 1. The van der Waals surface area contributed by atoms with Crippen LogP contribution in [-0.2, 0) is 0 Å². The number of furan rings is 1. The maximum absolute atomic E-state index is 8.67. The van der Waals surface area contributed by atoms with Gasteiger partial charge in [-0.1, -0.05) is 12.1 Å². The van der Waals surface area contributed by atoms with Gasteiger partial charge >= 0.3 is 0 Å². The summed E-state index contributed by atoms with van der Waals surface area (Å²) < 4.78 is 5.13. The lowest BCUT2D eigenvalue weighted by Crippen LogP contribution is -1.76. The third-order valence-corrected chi connectivity index (χ3v) is 1.63. The Labute approximate surface area is 64.1 Å². The quantitative estimate of drug-likeness (QED) is 0.671. The van der Waals surface area contributed by atoms with Crippen molar-refractivity contribution in [3.05, 3.63) is 42.7 Å². The van der Waals surface area contributed by atoms with Gasteiger partial charge in [-0.3, -0.25) is 0 Å². The van der Waals surface area contributed by atoms with Crippen LogP contribution in [0.5, 0.6) is 0 Å². The van der Waals surface area contributed by atoms with E-state index in [1.54, 1.807) is 12.3 Å². The summed E-state index contributed by atoms with van der Waals surface area (Å²) in [7, 11) is 0. The maximum atomic E-state index is 8.67. The summed E-state index contributed by atoms with van der Waals surface area (Å²) in [4.78, 5) is 0. The first-order chi connectivity index (χ1) is 5.40. The summed E-state index contributed by atoms with van der Waals surface area (Å²) in [6.07, 6.45) is 1.63. The fourth-order valence-corrected chi connectivity index (χ4v) is 1.05. The lowest BCUT2D eigenvalue weighted by atomic mass is 10.2. The van der Waals surface area contributed by atoms with Crippen molar-refractivity contribution >= 4 is 11.0 Å². The van der Waals surface area contributed by atoms with Gasteiger partial charge in [-0.25, -0.2) is 0 Å². The van der Waals surface area contributed by atoms with Crippen LogP contribution in [0.4, 0.5) is 0 Å². The third kappa shape index (κ3) is 1.01. The summed E-state index contributed by atoms with van der Waals surface area (Å²) in [6.45, 7) is 1.06. The first-order valence-electron chi connectivity index (χ1n) is 3.35. The molecule has 2 nitrogen and oxygen atoms in total. The molecule has 2 heteroatoms. The van der Waals surface area contributed by atoms with E-state index in [-0.39, 0.29) is 0 Å². The lowest BCUT2D eigenvalue weighted by molar-refractivity contribution is 0.415. The minimum Gasteiger partial charge on any atom is -0.464 e. The second-order valence-electron chi connectivity index (χ2n) is 2.35. The molecular weight excluding hydrogens is 140 g/mol. The molecule has 0 aliphatic carbocycles. The van der Waals surface area contributed by atoms with E-state index in [2.05, 4.69) is 0 Å². The molecule has 1 aromatic heterocycles. The summed E-state index contributed by atoms with van der Waals surface area (Å²) in [5.74, 6) is 0. The molecule has 11 heavy (non-hydrogen) atoms. The molecule has 0 fully saturated rings. The Morgan fingerprint density at radius 3 is 3.00 bits per heavy atom. The average molecular weight is 147 g/mol. The van der Waals surface area contributed by atoms with Gasteiger partial charge in [-0.15, -0.1) is 0 Å². The molecule has 0 aliphatic heterocycles. The van der Waals surface area contributed by atoms with Crippen LogP contribution in [0.15, 0.2) is 34.9 Å². The van der Waals surface area contributed by atoms with Gasteiger partial charge in [0.2, 0.25) is 0 Å². The molecule has 0 unspecified atom stereocenters. The molecule has 1 radical (unpaired) electrons. The highest BCUT2D eigenvalue weighted by atomic mass is 16.3. The van der Waals surface area contributed by atoms with Crippen LogP contribution in [0, 0.1) is 6.61 Å². The van der Waals surface area contributed by atoms with Crippen LogP contribution in [0.3, 0.4) is 0 Å².